The minimum absolute atomic E-state index is 0.0796. The van der Waals surface area contributed by atoms with Crippen molar-refractivity contribution in [1.29, 1.82) is 0 Å². The number of hydrogen-bond donors (Lipinski definition) is 1. The predicted molar refractivity (Wildman–Crippen MR) is 75.6 cm³/mol. The molecule has 1 aliphatic rings. The number of rotatable bonds is 3. The number of amides is 1. The highest BCUT2D eigenvalue weighted by molar-refractivity contribution is 8.14. The highest BCUT2D eigenvalue weighted by atomic mass is 32.2. The lowest BCUT2D eigenvalue weighted by Gasteiger charge is -2.23. The van der Waals surface area contributed by atoms with Crippen LogP contribution < -0.4 is 0 Å². The van der Waals surface area contributed by atoms with Crippen LogP contribution in [0.3, 0.4) is 0 Å². The van der Waals surface area contributed by atoms with E-state index in [-0.39, 0.29) is 28.9 Å². The first-order valence-electron chi connectivity index (χ1n) is 6.43. The Labute approximate surface area is 122 Å². The first-order valence-corrected chi connectivity index (χ1v) is 7.31. The minimum atomic E-state index is -1.16. The smallest absolute Gasteiger partial charge is 0.408 e. The van der Waals surface area contributed by atoms with Gasteiger partial charge in [0.15, 0.2) is 5.12 Å². The zero-order valence-electron chi connectivity index (χ0n) is 12.2. The Morgan fingerprint density at radius 3 is 2.40 bits per heavy atom. The number of thioether (sulfide) groups is 1. The van der Waals surface area contributed by atoms with Gasteiger partial charge in [-0.25, -0.2) is 9.59 Å². The molecule has 0 bridgehead atoms. The van der Waals surface area contributed by atoms with Crippen LogP contribution in [0.15, 0.2) is 0 Å². The number of likely N-dealkylation sites (tertiary alicyclic amines) is 1. The summed E-state index contributed by atoms with van der Waals surface area (Å²) in [5, 5.41) is 8.87. The fourth-order valence-corrected chi connectivity index (χ4v) is 2.92. The zero-order chi connectivity index (χ0) is 15.5. The van der Waals surface area contributed by atoms with Crippen molar-refractivity contribution in [1.82, 2.24) is 4.90 Å². The van der Waals surface area contributed by atoms with Gasteiger partial charge >= 0.3 is 12.1 Å². The molecular weight excluding hydrogens is 282 g/mol. The van der Waals surface area contributed by atoms with Crippen LogP contribution >= 0.6 is 11.8 Å². The van der Waals surface area contributed by atoms with Gasteiger partial charge < -0.3 is 9.84 Å². The molecule has 0 radical (unpaired) electrons. The van der Waals surface area contributed by atoms with E-state index in [2.05, 4.69) is 0 Å². The predicted octanol–water partition coefficient (Wildman–Crippen LogP) is 1.98. The van der Waals surface area contributed by atoms with E-state index in [9.17, 15) is 14.4 Å². The molecule has 0 aromatic heterocycles. The van der Waals surface area contributed by atoms with Crippen molar-refractivity contribution in [3.8, 4) is 0 Å². The highest BCUT2D eigenvalue weighted by Gasteiger charge is 2.41. The summed E-state index contributed by atoms with van der Waals surface area (Å²) in [7, 11) is 0. The SMILES string of the molecule is CC(=O)S[C@H]1C[C@@H](C(=O)OCC(C)(C)C)N(C(=O)O)C1. The van der Waals surface area contributed by atoms with Crippen LogP contribution in [0.2, 0.25) is 0 Å². The highest BCUT2D eigenvalue weighted by Crippen LogP contribution is 2.29. The molecule has 1 amide bonds. The van der Waals surface area contributed by atoms with Gasteiger partial charge in [-0.2, -0.15) is 0 Å². The molecule has 0 unspecified atom stereocenters. The molecule has 0 spiro atoms. The average Bonchev–Trinajstić information content (AvgIpc) is 2.68. The number of hydrogen-bond acceptors (Lipinski definition) is 5. The molecule has 2 atom stereocenters. The number of nitrogens with zero attached hydrogens (tertiary/aromatic N) is 1. The van der Waals surface area contributed by atoms with E-state index in [4.69, 9.17) is 9.84 Å². The molecule has 1 fully saturated rings. The third-order valence-corrected chi connectivity index (χ3v) is 3.77. The van der Waals surface area contributed by atoms with Crippen LogP contribution in [0.1, 0.15) is 34.1 Å². The number of carboxylic acid groups (broad SMARTS) is 1. The molecule has 7 heteroatoms. The molecule has 20 heavy (non-hydrogen) atoms. The third-order valence-electron chi connectivity index (χ3n) is 2.76. The lowest BCUT2D eigenvalue weighted by molar-refractivity contribution is -0.151. The van der Waals surface area contributed by atoms with Crippen LogP contribution in [0.4, 0.5) is 4.79 Å². The van der Waals surface area contributed by atoms with Gasteiger partial charge in [-0.1, -0.05) is 32.5 Å². The lowest BCUT2D eigenvalue weighted by atomic mass is 9.99. The summed E-state index contributed by atoms with van der Waals surface area (Å²) in [6.45, 7) is 7.63. The van der Waals surface area contributed by atoms with E-state index in [0.29, 0.717) is 6.42 Å². The summed E-state index contributed by atoms with van der Waals surface area (Å²) in [6, 6.07) is -0.813. The Bertz CT molecular complexity index is 404. The quantitative estimate of drug-likeness (QED) is 0.803. The Hall–Kier alpha value is -1.24. The number of ether oxygens (including phenoxy) is 1. The second kappa shape index (κ2) is 6.47. The Balaban J connectivity index is 2.67. The van der Waals surface area contributed by atoms with Crippen molar-refractivity contribution in [2.75, 3.05) is 13.2 Å². The topological polar surface area (TPSA) is 83.9 Å². The molecule has 0 saturated carbocycles. The fraction of sp³-hybridized carbons (Fsp3) is 0.769. The molecule has 1 N–H and O–H groups in total. The summed E-state index contributed by atoms with van der Waals surface area (Å²) in [5.74, 6) is -0.533. The van der Waals surface area contributed by atoms with Crippen molar-refractivity contribution in [3.63, 3.8) is 0 Å². The maximum Gasteiger partial charge on any atom is 0.408 e. The van der Waals surface area contributed by atoms with Gasteiger partial charge in [0.05, 0.1) is 6.61 Å². The summed E-state index contributed by atoms with van der Waals surface area (Å²) in [4.78, 5) is 35.3. The molecule has 1 saturated heterocycles. The maximum absolute atomic E-state index is 12.0. The number of carbonyl (C=O) groups excluding carboxylic acids is 2. The molecule has 1 aliphatic heterocycles. The van der Waals surface area contributed by atoms with Crippen molar-refractivity contribution in [2.24, 2.45) is 5.41 Å². The van der Waals surface area contributed by atoms with E-state index in [1.54, 1.807) is 0 Å². The normalized spacial score (nSPS) is 22.7. The molecule has 1 heterocycles. The van der Waals surface area contributed by atoms with Crippen molar-refractivity contribution < 1.29 is 24.2 Å². The van der Waals surface area contributed by atoms with E-state index in [0.717, 1.165) is 16.7 Å². The van der Waals surface area contributed by atoms with E-state index in [1.807, 2.05) is 20.8 Å². The molecule has 0 aliphatic carbocycles. The van der Waals surface area contributed by atoms with E-state index < -0.39 is 18.1 Å². The Morgan fingerprint density at radius 2 is 1.95 bits per heavy atom. The minimum Gasteiger partial charge on any atom is -0.465 e. The van der Waals surface area contributed by atoms with Crippen LogP contribution in [-0.2, 0) is 14.3 Å². The van der Waals surface area contributed by atoms with E-state index >= 15 is 0 Å². The average molecular weight is 303 g/mol. The zero-order valence-corrected chi connectivity index (χ0v) is 13.0. The summed E-state index contributed by atoms with van der Waals surface area (Å²) in [6.07, 6.45) is -0.839. The van der Waals surface area contributed by atoms with Crippen molar-refractivity contribution in [2.45, 2.75) is 45.4 Å². The van der Waals surface area contributed by atoms with Gasteiger partial charge in [0.2, 0.25) is 0 Å². The fourth-order valence-electron chi connectivity index (χ4n) is 1.94. The van der Waals surface area contributed by atoms with E-state index in [1.165, 1.54) is 6.92 Å². The van der Waals surface area contributed by atoms with Gasteiger partial charge in [0.25, 0.3) is 0 Å². The first-order chi connectivity index (χ1) is 9.10. The van der Waals surface area contributed by atoms with Crippen LogP contribution in [0.5, 0.6) is 0 Å². The second-order valence-corrected chi connectivity index (χ2v) is 7.56. The van der Waals surface area contributed by atoms with Crippen LogP contribution in [0, 0.1) is 5.41 Å². The van der Waals surface area contributed by atoms with Gasteiger partial charge in [-0.05, 0) is 11.8 Å². The molecule has 114 valence electrons. The summed E-state index contributed by atoms with van der Waals surface area (Å²) in [5.41, 5.74) is -0.171. The summed E-state index contributed by atoms with van der Waals surface area (Å²) < 4.78 is 5.19. The lowest BCUT2D eigenvalue weighted by Crippen LogP contribution is -2.41. The monoisotopic (exact) mass is 303 g/mol. The van der Waals surface area contributed by atoms with Crippen LogP contribution in [0.25, 0.3) is 0 Å². The van der Waals surface area contributed by atoms with Crippen molar-refractivity contribution in [3.05, 3.63) is 0 Å². The largest absolute Gasteiger partial charge is 0.465 e. The number of carbonyl (C=O) groups is 3. The molecule has 1 rings (SSSR count). The van der Waals surface area contributed by atoms with Gasteiger partial charge in [-0.3, -0.25) is 9.69 Å². The third kappa shape index (κ3) is 5.03. The number of esters is 1. The first kappa shape index (κ1) is 16.8. The van der Waals surface area contributed by atoms with Crippen molar-refractivity contribution >= 4 is 28.9 Å². The molecular formula is C13H21NO5S. The van der Waals surface area contributed by atoms with Gasteiger partial charge in [0, 0.05) is 18.7 Å². The molecule has 6 nitrogen and oxygen atoms in total. The summed E-state index contributed by atoms with van der Waals surface area (Å²) >= 11 is 1.08. The van der Waals surface area contributed by atoms with Crippen LogP contribution in [-0.4, -0.2) is 51.6 Å². The Morgan fingerprint density at radius 1 is 1.35 bits per heavy atom. The molecule has 0 aromatic rings. The van der Waals surface area contributed by atoms with Gasteiger partial charge in [0.1, 0.15) is 6.04 Å². The van der Waals surface area contributed by atoms with Gasteiger partial charge in [-0.15, -0.1) is 0 Å². The molecule has 0 aromatic carbocycles. The maximum atomic E-state index is 12.0. The standard InChI is InChI=1S/C13H21NO5S/c1-8(15)20-9-5-10(14(6-9)12(17)18)11(16)19-7-13(2,3)4/h9-10H,5-7H2,1-4H3,(H,17,18)/t9-,10-/m0/s1. The second-order valence-electron chi connectivity index (χ2n) is 6.09. The Kier molecular flexibility index (Phi) is 5.44.